The van der Waals surface area contributed by atoms with Crippen LogP contribution < -0.4 is 0 Å². The molecule has 0 heteroatoms. The van der Waals surface area contributed by atoms with Crippen molar-refractivity contribution < 1.29 is 0 Å². The van der Waals surface area contributed by atoms with E-state index in [0.29, 0.717) is 0 Å². The molecule has 10 heavy (non-hydrogen) atoms. The first kappa shape index (κ1) is 9.00. The Balaban J connectivity index is 4.14. The minimum Gasteiger partial charge on any atom is -0.125 e. The van der Waals surface area contributed by atoms with Crippen molar-refractivity contribution in [3.63, 3.8) is 0 Å². The van der Waals surface area contributed by atoms with Gasteiger partial charge >= 0.3 is 0 Å². The first-order valence-electron chi connectivity index (χ1n) is 3.38. The van der Waals surface area contributed by atoms with Crippen LogP contribution in [0, 0.1) is 0 Å². The molecule has 0 aromatic heterocycles. The van der Waals surface area contributed by atoms with Gasteiger partial charge in [-0.2, -0.15) is 0 Å². The fraction of sp³-hybridized carbons (Fsp3) is 0.300. The van der Waals surface area contributed by atoms with Gasteiger partial charge in [-0.25, -0.2) is 0 Å². The Hall–Kier alpha value is -1.00. The van der Waals surface area contributed by atoms with E-state index in [1.165, 1.54) is 5.57 Å². The van der Waals surface area contributed by atoms with E-state index in [4.69, 9.17) is 0 Å². The Morgan fingerprint density at radius 3 is 2.30 bits per heavy atom. The molecule has 0 amide bonds. The lowest BCUT2D eigenvalue weighted by molar-refractivity contribution is 1.45. The Labute approximate surface area is 63.3 Å². The first-order valence-corrected chi connectivity index (χ1v) is 3.38. The maximum atomic E-state index is 3.53. The summed E-state index contributed by atoms with van der Waals surface area (Å²) in [6.45, 7) is 9.59. The van der Waals surface area contributed by atoms with Crippen molar-refractivity contribution in [2.24, 2.45) is 0 Å². The Bertz CT molecular complexity index is 198. The SMILES string of the molecule is C=C=C(C)C=CC(C)=CC. The van der Waals surface area contributed by atoms with Gasteiger partial charge in [-0.15, -0.1) is 5.73 Å². The molecule has 0 rings (SSSR count). The predicted octanol–water partition coefficient (Wildman–Crippen LogP) is 3.24. The van der Waals surface area contributed by atoms with Crippen molar-refractivity contribution in [2.45, 2.75) is 20.8 Å². The quantitative estimate of drug-likeness (QED) is 0.401. The van der Waals surface area contributed by atoms with Gasteiger partial charge in [0, 0.05) is 0 Å². The van der Waals surface area contributed by atoms with Gasteiger partial charge in [-0.1, -0.05) is 30.4 Å². The van der Waals surface area contributed by atoms with Gasteiger partial charge in [-0.05, 0) is 26.3 Å². The summed E-state index contributed by atoms with van der Waals surface area (Å²) in [5, 5.41) is 0. The second-order valence-corrected chi connectivity index (χ2v) is 2.23. The van der Waals surface area contributed by atoms with Crippen LogP contribution in [0.15, 0.2) is 41.7 Å². The fourth-order valence-electron chi connectivity index (χ4n) is 0.412. The van der Waals surface area contributed by atoms with Crippen molar-refractivity contribution in [1.29, 1.82) is 0 Å². The highest BCUT2D eigenvalue weighted by atomic mass is 13.8. The molecule has 0 aliphatic heterocycles. The summed E-state index contributed by atoms with van der Waals surface area (Å²) in [7, 11) is 0. The number of hydrogen-bond donors (Lipinski definition) is 0. The summed E-state index contributed by atoms with van der Waals surface area (Å²) in [4.78, 5) is 0. The van der Waals surface area contributed by atoms with Gasteiger partial charge in [0.15, 0.2) is 0 Å². The van der Waals surface area contributed by atoms with Gasteiger partial charge in [-0.3, -0.25) is 0 Å². The zero-order valence-corrected chi connectivity index (χ0v) is 6.94. The molecule has 0 saturated heterocycles. The molecule has 0 bridgehead atoms. The van der Waals surface area contributed by atoms with E-state index in [1.807, 2.05) is 26.0 Å². The molecule has 0 saturated carbocycles. The van der Waals surface area contributed by atoms with Gasteiger partial charge in [0.1, 0.15) is 0 Å². The Kier molecular flexibility index (Phi) is 4.36. The maximum absolute atomic E-state index is 3.53. The molecule has 0 spiro atoms. The van der Waals surface area contributed by atoms with Gasteiger partial charge in [0.25, 0.3) is 0 Å². The zero-order chi connectivity index (χ0) is 7.98. The Morgan fingerprint density at radius 2 is 1.90 bits per heavy atom. The average Bonchev–Trinajstić information content (AvgIpc) is 1.99. The number of allylic oxidation sites excluding steroid dienone is 5. The van der Waals surface area contributed by atoms with E-state index in [9.17, 15) is 0 Å². The van der Waals surface area contributed by atoms with E-state index < -0.39 is 0 Å². The molecular weight excluding hydrogens is 120 g/mol. The monoisotopic (exact) mass is 134 g/mol. The van der Waals surface area contributed by atoms with Crippen LogP contribution in [0.1, 0.15) is 20.8 Å². The molecule has 0 radical (unpaired) electrons. The van der Waals surface area contributed by atoms with Gasteiger partial charge in [0.2, 0.25) is 0 Å². The third kappa shape index (κ3) is 3.94. The summed E-state index contributed by atoms with van der Waals surface area (Å²) in [5.74, 6) is 0. The smallest absolute Gasteiger partial charge is 0.00975 e. The zero-order valence-electron chi connectivity index (χ0n) is 6.94. The van der Waals surface area contributed by atoms with Crippen LogP contribution in [0.5, 0.6) is 0 Å². The lowest BCUT2D eigenvalue weighted by Crippen LogP contribution is -1.66. The molecule has 0 aliphatic rings. The third-order valence-corrected chi connectivity index (χ3v) is 1.33. The molecule has 0 aromatic rings. The van der Waals surface area contributed by atoms with Crippen LogP contribution in [-0.4, -0.2) is 0 Å². The molecule has 0 fully saturated rings. The van der Waals surface area contributed by atoms with Crippen LogP contribution in [-0.2, 0) is 0 Å². The van der Waals surface area contributed by atoms with E-state index in [0.717, 1.165) is 5.57 Å². The van der Waals surface area contributed by atoms with Crippen molar-refractivity contribution in [3.8, 4) is 0 Å². The fourth-order valence-corrected chi connectivity index (χ4v) is 0.412. The highest BCUT2D eigenvalue weighted by Crippen LogP contribution is 1.97. The minimum atomic E-state index is 1.07. The first-order chi connectivity index (χ1) is 4.70. The minimum absolute atomic E-state index is 1.07. The lowest BCUT2D eigenvalue weighted by Gasteiger charge is -1.86. The summed E-state index contributed by atoms with van der Waals surface area (Å²) >= 11 is 0. The third-order valence-electron chi connectivity index (χ3n) is 1.33. The summed E-state index contributed by atoms with van der Waals surface area (Å²) in [6.07, 6.45) is 6.11. The van der Waals surface area contributed by atoms with Crippen molar-refractivity contribution >= 4 is 0 Å². The molecule has 0 nitrogen and oxygen atoms in total. The van der Waals surface area contributed by atoms with Crippen molar-refractivity contribution in [3.05, 3.63) is 41.7 Å². The normalized spacial score (nSPS) is 11.7. The number of rotatable bonds is 2. The van der Waals surface area contributed by atoms with E-state index in [-0.39, 0.29) is 0 Å². The van der Waals surface area contributed by atoms with Crippen molar-refractivity contribution in [2.75, 3.05) is 0 Å². The van der Waals surface area contributed by atoms with E-state index in [1.54, 1.807) is 0 Å². The molecule has 0 atom stereocenters. The second kappa shape index (κ2) is 4.84. The summed E-state index contributed by atoms with van der Waals surface area (Å²) in [5.41, 5.74) is 5.13. The van der Waals surface area contributed by atoms with Crippen molar-refractivity contribution in [1.82, 2.24) is 0 Å². The largest absolute Gasteiger partial charge is 0.125 e. The van der Waals surface area contributed by atoms with Gasteiger partial charge < -0.3 is 0 Å². The van der Waals surface area contributed by atoms with Crippen LogP contribution >= 0.6 is 0 Å². The number of hydrogen-bond acceptors (Lipinski definition) is 0. The molecule has 0 heterocycles. The molecule has 54 valence electrons. The standard InChI is InChI=1S/C10H14/c1-5-9(3)7-8-10(4)6-2/h6-8H,1H2,2-4H3. The van der Waals surface area contributed by atoms with Crippen LogP contribution in [0.25, 0.3) is 0 Å². The summed E-state index contributed by atoms with van der Waals surface area (Å²) < 4.78 is 0. The highest BCUT2D eigenvalue weighted by Gasteiger charge is 1.77. The maximum Gasteiger partial charge on any atom is -0.00975 e. The van der Waals surface area contributed by atoms with Crippen LogP contribution in [0.4, 0.5) is 0 Å². The molecule has 0 N–H and O–H groups in total. The topological polar surface area (TPSA) is 0 Å². The van der Waals surface area contributed by atoms with E-state index in [2.05, 4.69) is 25.3 Å². The van der Waals surface area contributed by atoms with Gasteiger partial charge in [0.05, 0.1) is 0 Å². The Morgan fingerprint density at radius 1 is 1.30 bits per heavy atom. The average molecular weight is 134 g/mol. The van der Waals surface area contributed by atoms with Crippen LogP contribution in [0.2, 0.25) is 0 Å². The second-order valence-electron chi connectivity index (χ2n) is 2.23. The van der Waals surface area contributed by atoms with Crippen LogP contribution in [0.3, 0.4) is 0 Å². The molecule has 0 unspecified atom stereocenters. The molecule has 0 aliphatic carbocycles. The predicted molar refractivity (Wildman–Crippen MR) is 46.9 cm³/mol. The van der Waals surface area contributed by atoms with E-state index >= 15 is 0 Å². The summed E-state index contributed by atoms with van der Waals surface area (Å²) in [6, 6.07) is 0. The molecular formula is C10H14. The molecule has 0 aromatic carbocycles. The highest BCUT2D eigenvalue weighted by molar-refractivity contribution is 5.23. The lowest BCUT2D eigenvalue weighted by atomic mass is 10.2.